The first-order chi connectivity index (χ1) is 11.5. The number of halogens is 1. The van der Waals surface area contributed by atoms with Gasteiger partial charge in [0.15, 0.2) is 0 Å². The molecule has 2 aromatic carbocycles. The van der Waals surface area contributed by atoms with Crippen molar-refractivity contribution in [3.8, 4) is 5.75 Å². The Labute approximate surface area is 163 Å². The summed E-state index contributed by atoms with van der Waals surface area (Å²) in [4.78, 5) is 14.6. The molecule has 122 valence electrons. The summed E-state index contributed by atoms with van der Waals surface area (Å²) >= 11 is 8.84. The average Bonchev–Trinajstić information content (AvgIpc) is 2.83. The molecular formula is C17H13IN2O2S2. The zero-order chi connectivity index (χ0) is 17.1. The Hall–Kier alpha value is -1.58. The van der Waals surface area contributed by atoms with Crippen LogP contribution in [0.25, 0.3) is 6.08 Å². The van der Waals surface area contributed by atoms with Crippen LogP contribution in [-0.4, -0.2) is 26.9 Å². The van der Waals surface area contributed by atoms with Gasteiger partial charge in [0, 0.05) is 9.26 Å². The minimum atomic E-state index is -0.115. The number of thiocarbonyl (C=S) groups is 1. The molecule has 0 aliphatic carbocycles. The van der Waals surface area contributed by atoms with Crippen molar-refractivity contribution in [3.05, 3.63) is 62.6 Å². The fourth-order valence-electron chi connectivity index (χ4n) is 2.10. The van der Waals surface area contributed by atoms with Crippen molar-refractivity contribution < 1.29 is 9.90 Å². The average molecular weight is 468 g/mol. The molecule has 4 nitrogen and oxygen atoms in total. The van der Waals surface area contributed by atoms with Gasteiger partial charge in [0.1, 0.15) is 10.1 Å². The zero-order valence-corrected chi connectivity index (χ0v) is 16.2. The number of hydrogen-bond acceptors (Lipinski definition) is 5. The van der Waals surface area contributed by atoms with Crippen molar-refractivity contribution in [1.82, 2.24) is 4.90 Å². The molecule has 0 radical (unpaired) electrons. The van der Waals surface area contributed by atoms with Gasteiger partial charge in [-0.2, -0.15) is 0 Å². The number of carbonyl (C=O) groups is 1. The van der Waals surface area contributed by atoms with Gasteiger partial charge >= 0.3 is 0 Å². The highest BCUT2D eigenvalue weighted by atomic mass is 127. The molecule has 1 heterocycles. The van der Waals surface area contributed by atoms with Crippen molar-refractivity contribution in [1.29, 1.82) is 0 Å². The molecule has 1 aliphatic heterocycles. The van der Waals surface area contributed by atoms with Crippen LogP contribution in [0.15, 0.2) is 53.4 Å². The Kier molecular flexibility index (Phi) is 5.42. The van der Waals surface area contributed by atoms with Crippen molar-refractivity contribution in [2.24, 2.45) is 0 Å². The first kappa shape index (κ1) is 17.2. The number of aromatic hydroxyl groups is 1. The van der Waals surface area contributed by atoms with Crippen molar-refractivity contribution in [3.63, 3.8) is 0 Å². The van der Waals surface area contributed by atoms with Crippen molar-refractivity contribution in [2.75, 3.05) is 12.0 Å². The SMILES string of the molecule is O=C1/C(=C\c2ccc(O)cc2)SC(=S)N1CNc1ccc(I)cc1. The predicted octanol–water partition coefficient (Wildman–Crippen LogP) is 4.27. The van der Waals surface area contributed by atoms with Gasteiger partial charge < -0.3 is 10.4 Å². The normalized spacial score (nSPS) is 16.0. The first-order valence-electron chi connectivity index (χ1n) is 7.07. The number of carbonyl (C=O) groups excluding carboxylic acids is 1. The Morgan fingerprint density at radius 1 is 1.17 bits per heavy atom. The van der Waals surface area contributed by atoms with Crippen LogP contribution >= 0.6 is 46.6 Å². The van der Waals surface area contributed by atoms with Gasteiger partial charge in [-0.3, -0.25) is 9.69 Å². The molecule has 1 amide bonds. The van der Waals surface area contributed by atoms with Crippen molar-refractivity contribution in [2.45, 2.75) is 0 Å². The van der Waals surface area contributed by atoms with Crippen LogP contribution in [0.1, 0.15) is 5.56 Å². The highest BCUT2D eigenvalue weighted by Gasteiger charge is 2.31. The number of phenolic OH excluding ortho intramolecular Hbond substituents is 1. The number of anilines is 1. The van der Waals surface area contributed by atoms with Crippen LogP contribution in [0.5, 0.6) is 5.75 Å². The molecule has 1 saturated heterocycles. The molecule has 0 unspecified atom stereocenters. The van der Waals surface area contributed by atoms with E-state index in [0.29, 0.717) is 15.9 Å². The minimum absolute atomic E-state index is 0.115. The summed E-state index contributed by atoms with van der Waals surface area (Å²) < 4.78 is 1.68. The van der Waals surface area contributed by atoms with Gasteiger partial charge in [-0.1, -0.05) is 36.1 Å². The lowest BCUT2D eigenvalue weighted by atomic mass is 10.2. The van der Waals surface area contributed by atoms with Crippen molar-refractivity contribution >= 4 is 68.6 Å². The van der Waals surface area contributed by atoms with E-state index in [1.54, 1.807) is 35.2 Å². The van der Waals surface area contributed by atoms with Crippen LogP contribution in [0, 0.1) is 3.57 Å². The Morgan fingerprint density at radius 2 is 1.83 bits per heavy atom. The molecule has 24 heavy (non-hydrogen) atoms. The molecule has 2 aromatic rings. The molecular weight excluding hydrogens is 455 g/mol. The van der Waals surface area contributed by atoms with E-state index in [-0.39, 0.29) is 11.7 Å². The highest BCUT2D eigenvalue weighted by molar-refractivity contribution is 14.1. The summed E-state index contributed by atoms with van der Waals surface area (Å²) in [6.45, 7) is 0.332. The van der Waals surface area contributed by atoms with E-state index in [1.165, 1.54) is 11.8 Å². The van der Waals surface area contributed by atoms with E-state index in [4.69, 9.17) is 12.2 Å². The monoisotopic (exact) mass is 468 g/mol. The van der Waals surface area contributed by atoms with Crippen LogP contribution in [0.2, 0.25) is 0 Å². The topological polar surface area (TPSA) is 52.6 Å². The summed E-state index contributed by atoms with van der Waals surface area (Å²) in [6, 6.07) is 14.6. The maximum Gasteiger partial charge on any atom is 0.267 e. The van der Waals surface area contributed by atoms with E-state index >= 15 is 0 Å². The van der Waals surface area contributed by atoms with Crippen LogP contribution in [-0.2, 0) is 4.79 Å². The summed E-state index contributed by atoms with van der Waals surface area (Å²) in [7, 11) is 0. The summed E-state index contributed by atoms with van der Waals surface area (Å²) in [5.74, 6) is 0.0810. The number of amides is 1. The molecule has 0 saturated carbocycles. The molecule has 1 fully saturated rings. The number of nitrogens with zero attached hydrogens (tertiary/aromatic N) is 1. The van der Waals surface area contributed by atoms with Crippen LogP contribution in [0.4, 0.5) is 5.69 Å². The second kappa shape index (κ2) is 7.54. The molecule has 0 aromatic heterocycles. The number of benzene rings is 2. The van der Waals surface area contributed by atoms with Crippen LogP contribution in [0.3, 0.4) is 0 Å². The molecule has 2 N–H and O–H groups in total. The van der Waals surface area contributed by atoms with Gasteiger partial charge in [0.2, 0.25) is 0 Å². The van der Waals surface area contributed by atoms with Gasteiger partial charge in [0.25, 0.3) is 5.91 Å². The fraction of sp³-hybridized carbons (Fsp3) is 0.0588. The molecule has 7 heteroatoms. The molecule has 0 bridgehead atoms. The van der Waals surface area contributed by atoms with E-state index < -0.39 is 0 Å². The number of hydrogen-bond donors (Lipinski definition) is 2. The number of thioether (sulfide) groups is 1. The molecule has 0 atom stereocenters. The molecule has 0 spiro atoms. The van der Waals surface area contributed by atoms with Gasteiger partial charge in [0.05, 0.1) is 11.6 Å². The second-order valence-corrected chi connectivity index (χ2v) is 7.96. The third-order valence-corrected chi connectivity index (χ3v) is 5.45. The smallest absolute Gasteiger partial charge is 0.267 e. The Morgan fingerprint density at radius 3 is 2.50 bits per heavy atom. The van der Waals surface area contributed by atoms with Crippen LogP contribution < -0.4 is 5.32 Å². The zero-order valence-electron chi connectivity index (χ0n) is 12.4. The lowest BCUT2D eigenvalue weighted by Crippen LogP contribution is -2.33. The summed E-state index contributed by atoms with van der Waals surface area (Å²) in [5, 5.41) is 12.5. The van der Waals surface area contributed by atoms with Gasteiger partial charge in [-0.25, -0.2) is 0 Å². The largest absolute Gasteiger partial charge is 0.508 e. The summed E-state index contributed by atoms with van der Waals surface area (Å²) in [5.41, 5.74) is 1.78. The Balaban J connectivity index is 1.69. The molecule has 1 aliphatic rings. The number of rotatable bonds is 4. The second-order valence-electron chi connectivity index (χ2n) is 5.04. The number of nitrogens with one attached hydrogen (secondary N) is 1. The standard InChI is InChI=1S/C17H13IN2O2S2/c18-12-3-5-13(6-4-12)19-10-20-16(22)15(24-17(20)23)9-11-1-7-14(21)8-2-11/h1-9,19,21H,10H2/b15-9+. The maximum absolute atomic E-state index is 12.5. The van der Waals surface area contributed by atoms with E-state index in [0.717, 1.165) is 14.8 Å². The number of phenols is 1. The van der Waals surface area contributed by atoms with E-state index in [1.807, 2.05) is 24.3 Å². The quantitative estimate of drug-likeness (QED) is 0.399. The Bertz CT molecular complexity index is 804. The lowest BCUT2D eigenvalue weighted by Gasteiger charge is -2.16. The third-order valence-electron chi connectivity index (χ3n) is 3.35. The van der Waals surface area contributed by atoms with Gasteiger partial charge in [-0.05, 0) is 70.6 Å². The van der Waals surface area contributed by atoms with E-state index in [9.17, 15) is 9.90 Å². The predicted molar refractivity (Wildman–Crippen MR) is 111 cm³/mol. The first-order valence-corrected chi connectivity index (χ1v) is 9.37. The minimum Gasteiger partial charge on any atom is -0.508 e. The summed E-state index contributed by atoms with van der Waals surface area (Å²) in [6.07, 6.45) is 1.78. The fourth-order valence-corrected chi connectivity index (χ4v) is 3.71. The highest BCUT2D eigenvalue weighted by Crippen LogP contribution is 2.32. The lowest BCUT2D eigenvalue weighted by molar-refractivity contribution is -0.121. The van der Waals surface area contributed by atoms with E-state index in [2.05, 4.69) is 27.9 Å². The molecule has 3 rings (SSSR count). The van der Waals surface area contributed by atoms with Gasteiger partial charge in [-0.15, -0.1) is 0 Å². The maximum atomic E-state index is 12.5. The third kappa shape index (κ3) is 4.08.